The van der Waals surface area contributed by atoms with Crippen molar-refractivity contribution in [2.75, 3.05) is 7.11 Å². The van der Waals surface area contributed by atoms with Crippen molar-refractivity contribution < 1.29 is 4.74 Å². The average Bonchev–Trinajstić information content (AvgIpc) is 2.46. The molecule has 0 saturated heterocycles. The predicted molar refractivity (Wildman–Crippen MR) is 69.3 cm³/mol. The van der Waals surface area contributed by atoms with E-state index in [0.717, 1.165) is 16.9 Å². The van der Waals surface area contributed by atoms with Gasteiger partial charge in [-0.2, -0.15) is 5.26 Å². The van der Waals surface area contributed by atoms with Crippen LogP contribution in [0.25, 0.3) is 0 Å². The number of hydrogen-bond donors (Lipinski definition) is 0. The van der Waals surface area contributed by atoms with Crippen molar-refractivity contribution in [1.82, 2.24) is 4.98 Å². The predicted octanol–water partition coefficient (Wildman–Crippen LogP) is 2.94. The van der Waals surface area contributed by atoms with Crippen LogP contribution in [-0.2, 0) is 6.42 Å². The van der Waals surface area contributed by atoms with Gasteiger partial charge in [-0.3, -0.25) is 4.98 Å². The molecule has 0 unspecified atom stereocenters. The fraction of sp³-hybridized carbons (Fsp3) is 0.200. The lowest BCUT2D eigenvalue weighted by Crippen LogP contribution is -2.01. The van der Waals surface area contributed by atoms with Gasteiger partial charge in [0.1, 0.15) is 5.75 Å². The maximum atomic E-state index is 9.26. The first kappa shape index (κ1) is 12.1. The number of aromatic nitrogens is 1. The maximum Gasteiger partial charge on any atom is 0.119 e. The quantitative estimate of drug-likeness (QED) is 0.822. The van der Waals surface area contributed by atoms with E-state index in [1.165, 1.54) is 0 Å². The number of methoxy groups -OCH3 is 1. The van der Waals surface area contributed by atoms with Gasteiger partial charge < -0.3 is 4.74 Å². The zero-order chi connectivity index (χ0) is 12.8. The van der Waals surface area contributed by atoms with E-state index in [0.29, 0.717) is 6.42 Å². The number of ether oxygens (including phenoxy) is 1. The van der Waals surface area contributed by atoms with Crippen molar-refractivity contribution in [3.8, 4) is 11.8 Å². The molecule has 0 spiro atoms. The molecule has 0 aliphatic heterocycles. The van der Waals surface area contributed by atoms with Crippen LogP contribution in [0.3, 0.4) is 0 Å². The maximum absolute atomic E-state index is 9.26. The molecule has 1 aromatic heterocycles. The van der Waals surface area contributed by atoms with Gasteiger partial charge in [0.05, 0.1) is 19.1 Å². The zero-order valence-corrected chi connectivity index (χ0v) is 10.2. The van der Waals surface area contributed by atoms with Crippen molar-refractivity contribution in [2.45, 2.75) is 12.3 Å². The third kappa shape index (κ3) is 2.86. The number of pyridine rings is 1. The summed E-state index contributed by atoms with van der Waals surface area (Å²) in [6.07, 6.45) is 4.12. The van der Waals surface area contributed by atoms with Crippen molar-refractivity contribution in [3.05, 3.63) is 59.9 Å². The van der Waals surface area contributed by atoms with Gasteiger partial charge in [0.25, 0.3) is 0 Å². The molecule has 1 aromatic carbocycles. The summed E-state index contributed by atoms with van der Waals surface area (Å²) in [6, 6.07) is 13.9. The summed E-state index contributed by atoms with van der Waals surface area (Å²) in [6.45, 7) is 0. The molecule has 3 nitrogen and oxygen atoms in total. The molecule has 18 heavy (non-hydrogen) atoms. The summed E-state index contributed by atoms with van der Waals surface area (Å²) in [7, 11) is 1.64. The Hall–Kier alpha value is -2.34. The van der Waals surface area contributed by atoms with Gasteiger partial charge >= 0.3 is 0 Å². The van der Waals surface area contributed by atoms with E-state index >= 15 is 0 Å². The van der Waals surface area contributed by atoms with Gasteiger partial charge in [0.2, 0.25) is 0 Å². The van der Waals surface area contributed by atoms with Gasteiger partial charge in [-0.15, -0.1) is 0 Å². The average molecular weight is 238 g/mol. The Balaban J connectivity index is 2.19. The fourth-order valence-corrected chi connectivity index (χ4v) is 1.86. The monoisotopic (exact) mass is 238 g/mol. The minimum Gasteiger partial charge on any atom is -0.497 e. The van der Waals surface area contributed by atoms with Crippen LogP contribution in [0.1, 0.15) is 17.0 Å². The minimum absolute atomic E-state index is 0.175. The fourth-order valence-electron chi connectivity index (χ4n) is 1.86. The van der Waals surface area contributed by atoms with Crippen molar-refractivity contribution >= 4 is 0 Å². The largest absolute Gasteiger partial charge is 0.497 e. The van der Waals surface area contributed by atoms with Crippen molar-refractivity contribution in [3.63, 3.8) is 0 Å². The first-order valence-corrected chi connectivity index (χ1v) is 5.76. The number of rotatable bonds is 4. The molecule has 0 radical (unpaired) electrons. The van der Waals surface area contributed by atoms with Gasteiger partial charge in [0.15, 0.2) is 0 Å². The molecule has 0 saturated carbocycles. The first-order chi connectivity index (χ1) is 8.83. The third-order valence-electron chi connectivity index (χ3n) is 2.82. The van der Waals surface area contributed by atoms with E-state index < -0.39 is 0 Å². The molecule has 0 N–H and O–H groups in total. The summed E-state index contributed by atoms with van der Waals surface area (Å²) in [5, 5.41) is 9.26. The number of hydrogen-bond acceptors (Lipinski definition) is 3. The molecule has 90 valence electrons. The topological polar surface area (TPSA) is 45.9 Å². The molecular weight excluding hydrogens is 224 g/mol. The normalized spacial score (nSPS) is 11.6. The Morgan fingerprint density at radius 3 is 2.89 bits per heavy atom. The highest BCUT2D eigenvalue weighted by Gasteiger charge is 2.11. The SMILES string of the molecule is COc1cccc(C[C@@H](C#N)c2cccnc2)c1. The molecule has 0 aliphatic rings. The van der Waals surface area contributed by atoms with Gasteiger partial charge in [-0.1, -0.05) is 18.2 Å². The standard InChI is InChI=1S/C15H14N2O/c1-18-15-6-2-4-12(9-15)8-14(10-16)13-5-3-7-17-11-13/h2-7,9,11,14H,8H2,1H3/t14-/m0/s1. The Bertz CT molecular complexity index is 546. The lowest BCUT2D eigenvalue weighted by molar-refractivity contribution is 0.414. The minimum atomic E-state index is -0.175. The molecule has 2 rings (SSSR count). The molecule has 1 atom stereocenters. The van der Waals surface area contributed by atoms with Crippen LogP contribution in [0.4, 0.5) is 0 Å². The summed E-state index contributed by atoms with van der Waals surface area (Å²) in [5.74, 6) is 0.640. The Kier molecular flexibility index (Phi) is 3.93. The highest BCUT2D eigenvalue weighted by molar-refractivity contribution is 5.32. The highest BCUT2D eigenvalue weighted by atomic mass is 16.5. The van der Waals surface area contributed by atoms with Crippen LogP contribution < -0.4 is 4.74 Å². The van der Waals surface area contributed by atoms with Crippen LogP contribution in [0.2, 0.25) is 0 Å². The smallest absolute Gasteiger partial charge is 0.119 e. The molecule has 3 heteroatoms. The Labute approximate surface area is 107 Å². The second-order valence-electron chi connectivity index (χ2n) is 4.02. The Morgan fingerprint density at radius 1 is 1.33 bits per heavy atom. The van der Waals surface area contributed by atoms with E-state index in [2.05, 4.69) is 11.1 Å². The lowest BCUT2D eigenvalue weighted by atomic mass is 9.94. The summed E-state index contributed by atoms with van der Waals surface area (Å²) >= 11 is 0. The summed E-state index contributed by atoms with van der Waals surface area (Å²) < 4.78 is 5.18. The Morgan fingerprint density at radius 2 is 2.22 bits per heavy atom. The molecule has 1 heterocycles. The second kappa shape index (κ2) is 5.83. The second-order valence-corrected chi connectivity index (χ2v) is 4.02. The van der Waals surface area contributed by atoms with Crippen molar-refractivity contribution in [2.24, 2.45) is 0 Å². The van der Waals surface area contributed by atoms with Gasteiger partial charge in [-0.05, 0) is 35.7 Å². The van der Waals surface area contributed by atoms with E-state index in [1.807, 2.05) is 36.4 Å². The molecule has 0 aliphatic carbocycles. The number of nitriles is 1. The van der Waals surface area contributed by atoms with Crippen LogP contribution in [0.5, 0.6) is 5.75 Å². The van der Waals surface area contributed by atoms with E-state index in [9.17, 15) is 5.26 Å². The molecular formula is C15H14N2O. The first-order valence-electron chi connectivity index (χ1n) is 5.76. The molecule has 0 amide bonds. The van der Waals surface area contributed by atoms with E-state index in [-0.39, 0.29) is 5.92 Å². The molecule has 0 bridgehead atoms. The summed E-state index contributed by atoms with van der Waals surface area (Å²) in [5.41, 5.74) is 2.03. The summed E-state index contributed by atoms with van der Waals surface area (Å²) in [4.78, 5) is 4.05. The molecule has 2 aromatic rings. The highest BCUT2D eigenvalue weighted by Crippen LogP contribution is 2.21. The van der Waals surface area contributed by atoms with E-state index in [1.54, 1.807) is 19.5 Å². The van der Waals surface area contributed by atoms with Crippen LogP contribution in [0, 0.1) is 11.3 Å². The molecule has 0 fully saturated rings. The number of benzene rings is 1. The zero-order valence-electron chi connectivity index (χ0n) is 10.2. The third-order valence-corrected chi connectivity index (χ3v) is 2.82. The van der Waals surface area contributed by atoms with Gasteiger partial charge in [-0.25, -0.2) is 0 Å². The van der Waals surface area contributed by atoms with Crippen LogP contribution in [0.15, 0.2) is 48.8 Å². The van der Waals surface area contributed by atoms with Gasteiger partial charge in [0, 0.05) is 12.4 Å². The van der Waals surface area contributed by atoms with Crippen LogP contribution in [-0.4, -0.2) is 12.1 Å². The van der Waals surface area contributed by atoms with Crippen molar-refractivity contribution in [1.29, 1.82) is 5.26 Å². The number of nitrogens with zero attached hydrogens (tertiary/aromatic N) is 2. The lowest BCUT2D eigenvalue weighted by Gasteiger charge is -2.09. The van der Waals surface area contributed by atoms with Crippen LogP contribution >= 0.6 is 0 Å². The van der Waals surface area contributed by atoms with E-state index in [4.69, 9.17) is 4.74 Å².